The van der Waals surface area contributed by atoms with Gasteiger partial charge in [-0.1, -0.05) is 30.8 Å². The Morgan fingerprint density at radius 1 is 1.10 bits per heavy atom. The van der Waals surface area contributed by atoms with Gasteiger partial charge in [0, 0.05) is 12.0 Å². The van der Waals surface area contributed by atoms with Crippen LogP contribution in [0.15, 0.2) is 43.0 Å². The maximum Gasteiger partial charge on any atom is 0.164 e. The van der Waals surface area contributed by atoms with Gasteiger partial charge in [0.1, 0.15) is 5.82 Å². The van der Waals surface area contributed by atoms with E-state index in [-0.39, 0.29) is 5.82 Å². The highest BCUT2D eigenvalue weighted by atomic mass is 19.1. The van der Waals surface area contributed by atoms with Crippen molar-refractivity contribution >= 4 is 5.57 Å². The third-order valence-corrected chi connectivity index (χ3v) is 3.54. The first-order valence-electron chi connectivity index (χ1n) is 6.71. The number of benzene rings is 2. The largest absolute Gasteiger partial charge is 0.493 e. The second kappa shape index (κ2) is 6.44. The SMILES string of the molecule is C=C(Cc1ccccc1F)c1ccc(OC)c(OC)c1C. The number of methoxy groups -OCH3 is 2. The molecule has 2 aromatic carbocycles. The van der Waals surface area contributed by atoms with Gasteiger partial charge >= 0.3 is 0 Å². The van der Waals surface area contributed by atoms with Gasteiger partial charge in [-0.25, -0.2) is 4.39 Å². The normalized spacial score (nSPS) is 10.3. The van der Waals surface area contributed by atoms with Crippen LogP contribution in [-0.4, -0.2) is 14.2 Å². The van der Waals surface area contributed by atoms with Gasteiger partial charge in [0.05, 0.1) is 14.2 Å². The molecule has 0 amide bonds. The van der Waals surface area contributed by atoms with Crippen LogP contribution < -0.4 is 9.47 Å². The number of hydrogen-bond donors (Lipinski definition) is 0. The van der Waals surface area contributed by atoms with Crippen LogP contribution in [0, 0.1) is 12.7 Å². The quantitative estimate of drug-likeness (QED) is 0.810. The van der Waals surface area contributed by atoms with Crippen molar-refractivity contribution in [3.63, 3.8) is 0 Å². The Morgan fingerprint density at radius 3 is 2.43 bits per heavy atom. The van der Waals surface area contributed by atoms with Crippen molar-refractivity contribution in [3.8, 4) is 11.5 Å². The maximum atomic E-state index is 13.7. The molecule has 0 saturated carbocycles. The molecule has 0 radical (unpaired) electrons. The van der Waals surface area contributed by atoms with Gasteiger partial charge in [0.2, 0.25) is 0 Å². The second-order valence-electron chi connectivity index (χ2n) is 4.85. The summed E-state index contributed by atoms with van der Waals surface area (Å²) in [7, 11) is 3.21. The Kier molecular flexibility index (Phi) is 4.63. The summed E-state index contributed by atoms with van der Waals surface area (Å²) in [6.07, 6.45) is 0.461. The third-order valence-electron chi connectivity index (χ3n) is 3.54. The molecule has 0 heterocycles. The summed E-state index contributed by atoms with van der Waals surface area (Å²) >= 11 is 0. The summed E-state index contributed by atoms with van der Waals surface area (Å²) in [5.41, 5.74) is 3.38. The third kappa shape index (κ3) is 3.07. The van der Waals surface area contributed by atoms with Crippen molar-refractivity contribution in [3.05, 3.63) is 65.5 Å². The zero-order valence-corrected chi connectivity index (χ0v) is 12.6. The van der Waals surface area contributed by atoms with E-state index in [1.165, 1.54) is 6.07 Å². The molecular weight excluding hydrogens is 267 g/mol. The molecule has 2 rings (SSSR count). The van der Waals surface area contributed by atoms with Gasteiger partial charge in [-0.3, -0.25) is 0 Å². The average Bonchev–Trinajstić information content (AvgIpc) is 2.49. The highest BCUT2D eigenvalue weighted by Crippen LogP contribution is 2.36. The average molecular weight is 286 g/mol. The Bertz CT molecular complexity index is 662. The Hall–Kier alpha value is -2.29. The first kappa shape index (κ1) is 15.1. The maximum absolute atomic E-state index is 13.7. The lowest BCUT2D eigenvalue weighted by molar-refractivity contribution is 0.353. The van der Waals surface area contributed by atoms with Crippen LogP contribution in [0.25, 0.3) is 5.57 Å². The minimum absolute atomic E-state index is 0.211. The molecule has 0 aliphatic heterocycles. The molecule has 3 heteroatoms. The molecule has 0 fully saturated rings. The van der Waals surface area contributed by atoms with Crippen LogP contribution in [0.1, 0.15) is 16.7 Å². The summed E-state index contributed by atoms with van der Waals surface area (Å²) in [5.74, 6) is 1.15. The van der Waals surface area contributed by atoms with Crippen LogP contribution in [0.4, 0.5) is 4.39 Å². The van der Waals surface area contributed by atoms with Gasteiger partial charge < -0.3 is 9.47 Å². The van der Waals surface area contributed by atoms with Gasteiger partial charge in [0.15, 0.2) is 11.5 Å². The van der Waals surface area contributed by atoms with Crippen molar-refractivity contribution in [1.82, 2.24) is 0 Å². The zero-order chi connectivity index (χ0) is 15.4. The summed E-state index contributed by atoms with van der Waals surface area (Å²) in [6, 6.07) is 10.5. The molecule has 0 aliphatic carbocycles. The molecule has 0 aliphatic rings. The molecule has 0 saturated heterocycles. The summed E-state index contributed by atoms with van der Waals surface area (Å²) < 4.78 is 24.4. The van der Waals surface area contributed by atoms with Gasteiger partial charge in [0.25, 0.3) is 0 Å². The predicted molar refractivity (Wildman–Crippen MR) is 83.4 cm³/mol. The number of halogens is 1. The first-order valence-corrected chi connectivity index (χ1v) is 6.71. The van der Waals surface area contributed by atoms with Crippen LogP contribution in [0.3, 0.4) is 0 Å². The van der Waals surface area contributed by atoms with Gasteiger partial charge in [-0.15, -0.1) is 0 Å². The van der Waals surface area contributed by atoms with E-state index in [9.17, 15) is 4.39 Å². The van der Waals surface area contributed by atoms with Crippen LogP contribution in [-0.2, 0) is 6.42 Å². The lowest BCUT2D eigenvalue weighted by Crippen LogP contribution is -1.99. The van der Waals surface area contributed by atoms with E-state index in [1.807, 2.05) is 25.1 Å². The smallest absolute Gasteiger partial charge is 0.164 e. The van der Waals surface area contributed by atoms with E-state index in [4.69, 9.17) is 9.47 Å². The van der Waals surface area contributed by atoms with Crippen LogP contribution in [0.2, 0.25) is 0 Å². The fourth-order valence-corrected chi connectivity index (χ4v) is 2.43. The standard InChI is InChI=1S/C18H19FO2/c1-12(11-14-7-5-6-8-16(14)19)15-9-10-17(20-3)18(21-4)13(15)2/h5-10H,1,11H2,2-4H3. The first-order chi connectivity index (χ1) is 10.1. The van der Waals surface area contributed by atoms with Gasteiger partial charge in [-0.05, 0) is 35.8 Å². The van der Waals surface area contributed by atoms with E-state index in [0.717, 1.165) is 16.7 Å². The molecule has 0 atom stereocenters. The lowest BCUT2D eigenvalue weighted by Gasteiger charge is -2.16. The van der Waals surface area contributed by atoms with E-state index < -0.39 is 0 Å². The topological polar surface area (TPSA) is 18.5 Å². The minimum Gasteiger partial charge on any atom is -0.493 e. The number of allylic oxidation sites excluding steroid dienone is 1. The summed E-state index contributed by atoms with van der Waals surface area (Å²) in [5, 5.41) is 0. The Morgan fingerprint density at radius 2 is 1.81 bits per heavy atom. The Labute approximate surface area is 124 Å². The molecule has 2 aromatic rings. The molecule has 21 heavy (non-hydrogen) atoms. The van der Waals surface area contributed by atoms with E-state index >= 15 is 0 Å². The molecule has 110 valence electrons. The van der Waals surface area contributed by atoms with E-state index in [2.05, 4.69) is 6.58 Å². The van der Waals surface area contributed by atoms with Crippen molar-refractivity contribution in [2.75, 3.05) is 14.2 Å². The monoisotopic (exact) mass is 286 g/mol. The minimum atomic E-state index is -0.211. The van der Waals surface area contributed by atoms with Crippen molar-refractivity contribution < 1.29 is 13.9 Å². The fourth-order valence-electron chi connectivity index (χ4n) is 2.43. The fraction of sp³-hybridized carbons (Fsp3) is 0.222. The van der Waals surface area contributed by atoms with Crippen molar-refractivity contribution in [1.29, 1.82) is 0 Å². The lowest BCUT2D eigenvalue weighted by atomic mass is 9.95. The zero-order valence-electron chi connectivity index (χ0n) is 12.6. The molecule has 0 aromatic heterocycles. The predicted octanol–water partition coefficient (Wildman–Crippen LogP) is 4.41. The van der Waals surface area contributed by atoms with Crippen molar-refractivity contribution in [2.24, 2.45) is 0 Å². The number of rotatable bonds is 5. The molecule has 0 unspecified atom stereocenters. The van der Waals surface area contributed by atoms with Crippen molar-refractivity contribution in [2.45, 2.75) is 13.3 Å². The second-order valence-corrected chi connectivity index (χ2v) is 4.85. The number of hydrogen-bond acceptors (Lipinski definition) is 2. The van der Waals surface area contributed by atoms with Gasteiger partial charge in [-0.2, -0.15) is 0 Å². The highest BCUT2D eigenvalue weighted by Gasteiger charge is 2.14. The van der Waals surface area contributed by atoms with E-state index in [0.29, 0.717) is 23.5 Å². The highest BCUT2D eigenvalue weighted by molar-refractivity contribution is 5.72. The Balaban J connectivity index is 2.34. The van der Waals surface area contributed by atoms with E-state index in [1.54, 1.807) is 26.4 Å². The molecular formula is C18H19FO2. The van der Waals surface area contributed by atoms with Crippen LogP contribution >= 0.6 is 0 Å². The molecule has 2 nitrogen and oxygen atoms in total. The molecule has 0 bridgehead atoms. The number of ether oxygens (including phenoxy) is 2. The summed E-state index contributed by atoms with van der Waals surface area (Å²) in [4.78, 5) is 0. The molecule has 0 N–H and O–H groups in total. The van der Waals surface area contributed by atoms with Crippen LogP contribution in [0.5, 0.6) is 11.5 Å². The summed E-state index contributed by atoms with van der Waals surface area (Å²) in [6.45, 7) is 6.04. The molecule has 0 spiro atoms.